The van der Waals surface area contributed by atoms with Crippen molar-refractivity contribution in [2.24, 2.45) is 17.6 Å². The molecule has 1 aromatic carbocycles. The van der Waals surface area contributed by atoms with Crippen LogP contribution in [0.2, 0.25) is 0 Å². The van der Waals surface area contributed by atoms with E-state index < -0.39 is 72.1 Å². The first kappa shape index (κ1) is 31.4. The number of hydrogen-bond acceptors (Lipinski definition) is 7. The van der Waals surface area contributed by atoms with Gasteiger partial charge in [0.1, 0.15) is 23.9 Å². The Bertz CT molecular complexity index is 951. The molecule has 0 spiro atoms. The highest BCUT2D eigenvalue weighted by Gasteiger charge is 2.33. The maximum atomic E-state index is 13.1. The van der Waals surface area contributed by atoms with Crippen molar-refractivity contribution in [1.29, 1.82) is 0 Å². The van der Waals surface area contributed by atoms with E-state index in [1.807, 2.05) is 0 Å². The Morgan fingerprint density at radius 3 is 1.92 bits per heavy atom. The first-order valence-electron chi connectivity index (χ1n) is 12.2. The Balaban J connectivity index is 2.97. The lowest BCUT2D eigenvalue weighted by molar-refractivity contribution is -0.144. The van der Waals surface area contributed by atoms with Crippen LogP contribution in [0.25, 0.3) is 0 Å². The third-order valence-electron chi connectivity index (χ3n) is 6.03. The molecule has 0 radical (unpaired) electrons. The van der Waals surface area contributed by atoms with E-state index in [-0.39, 0.29) is 18.6 Å². The monoisotopic (exact) mass is 522 g/mol. The molecule has 37 heavy (non-hydrogen) atoms. The summed E-state index contributed by atoms with van der Waals surface area (Å²) in [5.74, 6) is -5.38. The van der Waals surface area contributed by atoms with Gasteiger partial charge in [-0.2, -0.15) is 0 Å². The van der Waals surface area contributed by atoms with E-state index in [9.17, 15) is 34.2 Å². The van der Waals surface area contributed by atoms with Gasteiger partial charge in [0, 0.05) is 6.42 Å². The van der Waals surface area contributed by atoms with Crippen LogP contribution in [0.4, 0.5) is 0 Å². The van der Waals surface area contributed by atoms with Crippen molar-refractivity contribution in [1.82, 2.24) is 16.0 Å². The van der Waals surface area contributed by atoms with Gasteiger partial charge in [-0.05, 0) is 42.4 Å². The lowest BCUT2D eigenvalue weighted by Gasteiger charge is -2.27. The molecule has 0 bridgehead atoms. The van der Waals surface area contributed by atoms with Crippen LogP contribution in [0.15, 0.2) is 24.3 Å². The van der Waals surface area contributed by atoms with Gasteiger partial charge in [-0.15, -0.1) is 0 Å². The van der Waals surface area contributed by atoms with Crippen LogP contribution in [0.1, 0.15) is 52.5 Å². The average Bonchev–Trinajstić information content (AvgIpc) is 2.83. The van der Waals surface area contributed by atoms with Gasteiger partial charge in [0.2, 0.25) is 17.7 Å². The first-order chi connectivity index (χ1) is 17.3. The van der Waals surface area contributed by atoms with Crippen LogP contribution in [0, 0.1) is 11.8 Å². The van der Waals surface area contributed by atoms with E-state index in [0.717, 1.165) is 0 Å². The molecule has 1 aromatic rings. The second-order valence-electron chi connectivity index (χ2n) is 9.41. The molecule has 0 aromatic heterocycles. The zero-order chi connectivity index (χ0) is 28.3. The third-order valence-corrected chi connectivity index (χ3v) is 6.03. The molecule has 0 fully saturated rings. The topological polar surface area (TPSA) is 208 Å². The zero-order valence-electron chi connectivity index (χ0n) is 21.6. The van der Waals surface area contributed by atoms with Crippen molar-refractivity contribution < 1.29 is 39.3 Å². The van der Waals surface area contributed by atoms with Gasteiger partial charge < -0.3 is 37.0 Å². The summed E-state index contributed by atoms with van der Waals surface area (Å²) in [4.78, 5) is 61.4. The molecule has 206 valence electrons. The fourth-order valence-corrected chi connectivity index (χ4v) is 3.51. The highest BCUT2D eigenvalue weighted by atomic mass is 16.4. The number of aliphatic carboxylic acids is 2. The molecule has 12 nitrogen and oxygen atoms in total. The number of aromatic hydroxyl groups is 1. The summed E-state index contributed by atoms with van der Waals surface area (Å²) >= 11 is 0. The number of nitrogens with one attached hydrogen (secondary N) is 3. The zero-order valence-corrected chi connectivity index (χ0v) is 21.6. The minimum Gasteiger partial charge on any atom is -0.508 e. The molecular formula is C25H38N4O8. The van der Waals surface area contributed by atoms with Gasteiger partial charge >= 0.3 is 11.9 Å². The fraction of sp³-hybridized carbons (Fsp3) is 0.560. The van der Waals surface area contributed by atoms with E-state index >= 15 is 0 Å². The number of carbonyl (C=O) groups is 5. The number of carboxylic acids is 2. The van der Waals surface area contributed by atoms with E-state index in [0.29, 0.717) is 12.0 Å². The Hall–Kier alpha value is -3.67. The Labute approximate surface area is 216 Å². The number of phenolic OH excluding ortho intramolecular Hbond substituents is 1. The molecule has 0 aliphatic heterocycles. The van der Waals surface area contributed by atoms with Crippen LogP contribution >= 0.6 is 0 Å². The SMILES string of the molecule is CCC(C)C(NC(=O)C(CCC(=O)O)NC(=O)C(NC(=O)C(N)Cc1ccc(O)cc1)C(C)C)C(=O)O. The van der Waals surface area contributed by atoms with Crippen molar-refractivity contribution in [2.45, 2.75) is 77.5 Å². The second kappa shape index (κ2) is 14.8. The Kier molecular flexibility index (Phi) is 12.5. The highest BCUT2D eigenvalue weighted by Crippen LogP contribution is 2.12. The number of phenols is 1. The normalized spacial score (nSPS) is 15.1. The van der Waals surface area contributed by atoms with Crippen LogP contribution in [-0.2, 0) is 30.4 Å². The number of nitrogens with two attached hydrogens (primary N) is 1. The van der Waals surface area contributed by atoms with Gasteiger partial charge in [-0.25, -0.2) is 4.79 Å². The van der Waals surface area contributed by atoms with E-state index in [1.54, 1.807) is 39.8 Å². The van der Waals surface area contributed by atoms with Crippen molar-refractivity contribution >= 4 is 29.7 Å². The molecular weight excluding hydrogens is 484 g/mol. The molecule has 8 N–H and O–H groups in total. The minimum atomic E-state index is -1.33. The molecule has 3 amide bonds. The molecule has 12 heteroatoms. The van der Waals surface area contributed by atoms with Gasteiger partial charge in [0.05, 0.1) is 6.04 Å². The molecule has 0 heterocycles. The molecule has 0 saturated heterocycles. The minimum absolute atomic E-state index is 0.0682. The second-order valence-corrected chi connectivity index (χ2v) is 9.41. The summed E-state index contributed by atoms with van der Waals surface area (Å²) in [6.45, 7) is 6.76. The molecule has 0 aliphatic rings. The maximum Gasteiger partial charge on any atom is 0.326 e. The third kappa shape index (κ3) is 10.5. The number of amides is 3. The molecule has 5 atom stereocenters. The van der Waals surface area contributed by atoms with Crippen LogP contribution in [0.5, 0.6) is 5.75 Å². The predicted octanol–water partition coefficient (Wildman–Crippen LogP) is 0.368. The van der Waals surface area contributed by atoms with Crippen molar-refractivity contribution in [3.8, 4) is 5.75 Å². The number of hydrogen-bond donors (Lipinski definition) is 7. The van der Waals surface area contributed by atoms with Gasteiger partial charge in [0.25, 0.3) is 0 Å². The maximum absolute atomic E-state index is 13.1. The lowest BCUT2D eigenvalue weighted by Crippen LogP contribution is -2.59. The molecule has 0 saturated carbocycles. The highest BCUT2D eigenvalue weighted by molar-refractivity contribution is 5.94. The molecule has 0 aliphatic carbocycles. The Morgan fingerprint density at radius 2 is 1.43 bits per heavy atom. The van der Waals surface area contributed by atoms with E-state index in [4.69, 9.17) is 10.8 Å². The van der Waals surface area contributed by atoms with Crippen molar-refractivity contribution in [3.05, 3.63) is 29.8 Å². The predicted molar refractivity (Wildman–Crippen MR) is 134 cm³/mol. The average molecular weight is 523 g/mol. The van der Waals surface area contributed by atoms with Gasteiger partial charge in [0.15, 0.2) is 0 Å². The van der Waals surface area contributed by atoms with Gasteiger partial charge in [-0.1, -0.05) is 46.2 Å². The van der Waals surface area contributed by atoms with Crippen LogP contribution in [-0.4, -0.2) is 69.1 Å². The van der Waals surface area contributed by atoms with Crippen LogP contribution in [0.3, 0.4) is 0 Å². The van der Waals surface area contributed by atoms with Gasteiger partial charge in [-0.3, -0.25) is 19.2 Å². The summed E-state index contributed by atoms with van der Waals surface area (Å²) < 4.78 is 0. The lowest BCUT2D eigenvalue weighted by atomic mass is 9.98. The number of benzene rings is 1. The summed E-state index contributed by atoms with van der Waals surface area (Å²) in [7, 11) is 0. The molecule has 5 unspecified atom stereocenters. The summed E-state index contributed by atoms with van der Waals surface area (Å²) in [5.41, 5.74) is 6.70. The van der Waals surface area contributed by atoms with Crippen LogP contribution < -0.4 is 21.7 Å². The first-order valence-corrected chi connectivity index (χ1v) is 12.2. The molecule has 1 rings (SSSR count). The van der Waals surface area contributed by atoms with Crippen molar-refractivity contribution in [3.63, 3.8) is 0 Å². The quantitative estimate of drug-likeness (QED) is 0.169. The summed E-state index contributed by atoms with van der Waals surface area (Å²) in [6, 6.07) is 1.50. The number of rotatable bonds is 15. The smallest absolute Gasteiger partial charge is 0.326 e. The largest absolute Gasteiger partial charge is 0.508 e. The van der Waals surface area contributed by atoms with E-state index in [2.05, 4.69) is 16.0 Å². The standard InChI is InChI=1S/C25H38N4O8/c1-5-14(4)21(25(36)37)29-23(34)18(10-11-19(31)32)27-24(35)20(13(2)3)28-22(33)17(26)12-15-6-8-16(30)9-7-15/h6-9,13-14,17-18,20-21,30H,5,10-12,26H2,1-4H3,(H,27,35)(H,28,33)(H,29,34)(H,31,32)(H,36,37). The summed E-state index contributed by atoms with van der Waals surface area (Å²) in [6.07, 6.45) is -0.113. The Morgan fingerprint density at radius 1 is 0.865 bits per heavy atom. The summed E-state index contributed by atoms with van der Waals surface area (Å²) in [5, 5.41) is 35.3. The van der Waals surface area contributed by atoms with E-state index in [1.165, 1.54) is 12.1 Å². The van der Waals surface area contributed by atoms with Crippen molar-refractivity contribution in [2.75, 3.05) is 0 Å². The number of carboxylic acid groups (broad SMARTS) is 2. The fourth-order valence-electron chi connectivity index (χ4n) is 3.51. The number of carbonyl (C=O) groups excluding carboxylic acids is 3.